The molecule has 0 aliphatic heterocycles. The number of rotatable bonds is 5. The van der Waals surface area contributed by atoms with Gasteiger partial charge >= 0.3 is 0 Å². The lowest BCUT2D eigenvalue weighted by Crippen LogP contribution is -2.34. The molecule has 1 rings (SSSR count). The summed E-state index contributed by atoms with van der Waals surface area (Å²) in [5, 5.41) is 5.82. The third-order valence-corrected chi connectivity index (χ3v) is 2.30. The maximum atomic E-state index is 11.6. The normalized spacial score (nSPS) is 11.0. The molecule has 1 atom stereocenters. The van der Waals surface area contributed by atoms with Crippen LogP contribution in [-0.2, 0) is 18.4 Å². The Bertz CT molecular complexity index is 330. The first-order chi connectivity index (χ1) is 7.15. The van der Waals surface area contributed by atoms with Crippen molar-refractivity contribution in [2.24, 2.45) is 13.0 Å². The van der Waals surface area contributed by atoms with Gasteiger partial charge in [-0.15, -0.1) is 24.8 Å². The fourth-order valence-corrected chi connectivity index (χ4v) is 1.31. The number of aryl methyl sites for hydroxylation is 1. The summed E-state index contributed by atoms with van der Waals surface area (Å²) in [6.07, 6.45) is 3.58. The summed E-state index contributed by atoms with van der Waals surface area (Å²) in [7, 11) is 3.74. The van der Waals surface area contributed by atoms with Gasteiger partial charge in [-0.3, -0.25) is 4.79 Å². The van der Waals surface area contributed by atoms with E-state index >= 15 is 0 Å². The molecule has 17 heavy (non-hydrogen) atoms. The van der Waals surface area contributed by atoms with Crippen molar-refractivity contribution in [3.63, 3.8) is 0 Å². The monoisotopic (exact) mass is 282 g/mol. The van der Waals surface area contributed by atoms with Crippen LogP contribution in [0.4, 0.5) is 0 Å². The zero-order valence-electron chi connectivity index (χ0n) is 10.3. The van der Waals surface area contributed by atoms with Crippen LogP contribution in [-0.4, -0.2) is 29.1 Å². The average Bonchev–Trinajstić information content (AvgIpc) is 2.61. The molecule has 0 radical (unpaired) electrons. The fraction of sp³-hybridized carbons (Fsp3) is 0.600. The largest absolute Gasteiger partial charge is 0.349 e. The first-order valence-electron chi connectivity index (χ1n) is 5.03. The van der Waals surface area contributed by atoms with Crippen LogP contribution in [0, 0.1) is 5.92 Å². The van der Waals surface area contributed by atoms with Gasteiger partial charge in [-0.1, -0.05) is 6.92 Å². The molecule has 0 aromatic carbocycles. The van der Waals surface area contributed by atoms with E-state index in [0.29, 0.717) is 13.1 Å². The zero-order valence-corrected chi connectivity index (χ0v) is 11.9. The SMILES string of the molecule is CNCC(C)C(=O)NCc1nccn1C.Cl.Cl. The van der Waals surface area contributed by atoms with Gasteiger partial charge in [0.15, 0.2) is 0 Å². The third kappa shape index (κ3) is 5.91. The Labute approximate surface area is 114 Å². The van der Waals surface area contributed by atoms with E-state index < -0.39 is 0 Å². The summed E-state index contributed by atoms with van der Waals surface area (Å²) in [6, 6.07) is 0. The molecule has 1 amide bonds. The smallest absolute Gasteiger partial charge is 0.224 e. The van der Waals surface area contributed by atoms with Crippen LogP contribution in [0.3, 0.4) is 0 Å². The standard InChI is InChI=1S/C10H18N4O.2ClH/c1-8(6-11-2)10(15)13-7-9-12-4-5-14(9)3;;/h4-5,8,11H,6-7H2,1-3H3,(H,13,15);2*1H. The van der Waals surface area contributed by atoms with E-state index in [-0.39, 0.29) is 36.6 Å². The van der Waals surface area contributed by atoms with Gasteiger partial charge in [-0.25, -0.2) is 4.98 Å². The van der Waals surface area contributed by atoms with Gasteiger partial charge in [0, 0.05) is 31.9 Å². The first-order valence-corrected chi connectivity index (χ1v) is 5.03. The Morgan fingerprint density at radius 2 is 2.18 bits per heavy atom. The molecule has 0 spiro atoms. The first kappa shape index (κ1) is 18.6. The zero-order chi connectivity index (χ0) is 11.3. The van der Waals surface area contributed by atoms with Crippen LogP contribution in [0.1, 0.15) is 12.7 Å². The Morgan fingerprint density at radius 1 is 1.53 bits per heavy atom. The molecule has 0 saturated heterocycles. The number of carbonyl (C=O) groups is 1. The molecule has 1 aromatic rings. The van der Waals surface area contributed by atoms with Crippen molar-refractivity contribution in [3.8, 4) is 0 Å². The number of hydrogen-bond donors (Lipinski definition) is 2. The van der Waals surface area contributed by atoms with E-state index in [1.807, 2.05) is 31.8 Å². The molecule has 0 bridgehead atoms. The molecule has 0 aliphatic carbocycles. The van der Waals surface area contributed by atoms with Crippen LogP contribution in [0.25, 0.3) is 0 Å². The molecule has 1 heterocycles. The third-order valence-electron chi connectivity index (χ3n) is 2.30. The molecule has 1 aromatic heterocycles. The molecular weight excluding hydrogens is 263 g/mol. The number of halogens is 2. The van der Waals surface area contributed by atoms with Crippen LogP contribution < -0.4 is 10.6 Å². The molecule has 0 fully saturated rings. The summed E-state index contributed by atoms with van der Waals surface area (Å²) < 4.78 is 1.89. The Balaban J connectivity index is 0. The van der Waals surface area contributed by atoms with Gasteiger partial charge in [0.05, 0.1) is 6.54 Å². The summed E-state index contributed by atoms with van der Waals surface area (Å²) >= 11 is 0. The van der Waals surface area contributed by atoms with Gasteiger partial charge in [0.2, 0.25) is 5.91 Å². The Kier molecular flexibility index (Phi) is 10.1. The minimum absolute atomic E-state index is 0. The second kappa shape index (κ2) is 9.27. The lowest BCUT2D eigenvalue weighted by Gasteiger charge is -2.11. The maximum Gasteiger partial charge on any atom is 0.224 e. The molecular formula is C10H20Cl2N4O. The molecule has 5 nitrogen and oxygen atoms in total. The van der Waals surface area contributed by atoms with Crippen molar-refractivity contribution >= 4 is 30.7 Å². The highest BCUT2D eigenvalue weighted by molar-refractivity contribution is 5.85. The molecule has 2 N–H and O–H groups in total. The number of amides is 1. The van der Waals surface area contributed by atoms with E-state index in [1.54, 1.807) is 6.20 Å². The summed E-state index contributed by atoms with van der Waals surface area (Å²) in [6.45, 7) is 3.06. The summed E-state index contributed by atoms with van der Waals surface area (Å²) in [5.41, 5.74) is 0. The highest BCUT2D eigenvalue weighted by atomic mass is 35.5. The number of nitrogens with one attached hydrogen (secondary N) is 2. The van der Waals surface area contributed by atoms with E-state index in [2.05, 4.69) is 15.6 Å². The lowest BCUT2D eigenvalue weighted by atomic mass is 10.1. The predicted molar refractivity (Wildman–Crippen MR) is 72.6 cm³/mol. The van der Waals surface area contributed by atoms with Gasteiger partial charge in [-0.2, -0.15) is 0 Å². The van der Waals surface area contributed by atoms with Crippen molar-refractivity contribution < 1.29 is 4.79 Å². The molecule has 100 valence electrons. The molecule has 7 heteroatoms. The van der Waals surface area contributed by atoms with Gasteiger partial charge in [0.1, 0.15) is 5.82 Å². The number of nitrogens with zero attached hydrogens (tertiary/aromatic N) is 2. The van der Waals surface area contributed by atoms with E-state index in [4.69, 9.17) is 0 Å². The van der Waals surface area contributed by atoms with E-state index in [1.165, 1.54) is 0 Å². The summed E-state index contributed by atoms with van der Waals surface area (Å²) in [5.74, 6) is 0.891. The second-order valence-electron chi connectivity index (χ2n) is 3.63. The van der Waals surface area contributed by atoms with Crippen LogP contribution in [0.15, 0.2) is 12.4 Å². The minimum atomic E-state index is -0.0183. The highest BCUT2D eigenvalue weighted by Gasteiger charge is 2.11. The van der Waals surface area contributed by atoms with Crippen LogP contribution >= 0.6 is 24.8 Å². The van der Waals surface area contributed by atoms with Gasteiger partial charge in [-0.05, 0) is 7.05 Å². The molecule has 0 aliphatic rings. The minimum Gasteiger partial charge on any atom is -0.349 e. The van der Waals surface area contributed by atoms with Crippen molar-refractivity contribution in [2.45, 2.75) is 13.5 Å². The lowest BCUT2D eigenvalue weighted by molar-refractivity contribution is -0.124. The fourth-order valence-electron chi connectivity index (χ4n) is 1.31. The van der Waals surface area contributed by atoms with E-state index in [9.17, 15) is 4.79 Å². The number of carbonyl (C=O) groups excluding carboxylic acids is 1. The number of hydrogen-bond acceptors (Lipinski definition) is 3. The van der Waals surface area contributed by atoms with Crippen molar-refractivity contribution in [1.82, 2.24) is 20.2 Å². The quantitative estimate of drug-likeness (QED) is 0.838. The highest BCUT2D eigenvalue weighted by Crippen LogP contribution is 1.96. The van der Waals surface area contributed by atoms with Gasteiger partial charge < -0.3 is 15.2 Å². The van der Waals surface area contributed by atoms with Crippen LogP contribution in [0.2, 0.25) is 0 Å². The van der Waals surface area contributed by atoms with Crippen molar-refractivity contribution in [1.29, 1.82) is 0 Å². The number of aromatic nitrogens is 2. The van der Waals surface area contributed by atoms with E-state index in [0.717, 1.165) is 5.82 Å². The summed E-state index contributed by atoms with van der Waals surface area (Å²) in [4.78, 5) is 15.7. The Hall–Kier alpha value is -0.780. The number of imidazole rings is 1. The second-order valence-corrected chi connectivity index (χ2v) is 3.63. The van der Waals surface area contributed by atoms with Gasteiger partial charge in [0.25, 0.3) is 0 Å². The molecule has 1 unspecified atom stereocenters. The average molecular weight is 283 g/mol. The van der Waals surface area contributed by atoms with Crippen molar-refractivity contribution in [2.75, 3.05) is 13.6 Å². The molecule has 0 saturated carbocycles. The van der Waals surface area contributed by atoms with Crippen molar-refractivity contribution in [3.05, 3.63) is 18.2 Å². The maximum absolute atomic E-state index is 11.6. The topological polar surface area (TPSA) is 59.0 Å². The van der Waals surface area contributed by atoms with Crippen LogP contribution in [0.5, 0.6) is 0 Å². The Morgan fingerprint density at radius 3 is 2.65 bits per heavy atom. The predicted octanol–water partition coefficient (Wildman–Crippen LogP) is 0.735.